The van der Waals surface area contributed by atoms with Crippen molar-refractivity contribution in [2.45, 2.75) is 57.5 Å². The summed E-state index contributed by atoms with van der Waals surface area (Å²) in [5.74, 6) is -0.744. The van der Waals surface area contributed by atoms with Gasteiger partial charge in [0.1, 0.15) is 11.5 Å². The number of carbonyl (C=O) groups excluding carboxylic acids is 2. The molecule has 0 radical (unpaired) electrons. The van der Waals surface area contributed by atoms with Crippen molar-refractivity contribution >= 4 is 23.1 Å². The Balaban J connectivity index is 1.21. The van der Waals surface area contributed by atoms with Gasteiger partial charge in [-0.25, -0.2) is 13.9 Å². The van der Waals surface area contributed by atoms with Crippen molar-refractivity contribution in [1.29, 1.82) is 0 Å². The summed E-state index contributed by atoms with van der Waals surface area (Å²) in [6.07, 6.45) is 3.53. The fourth-order valence-corrected chi connectivity index (χ4v) is 6.59. The van der Waals surface area contributed by atoms with Gasteiger partial charge in [-0.15, -0.1) is 0 Å². The third-order valence-electron chi connectivity index (χ3n) is 9.06. The molecule has 4 aromatic rings. The van der Waals surface area contributed by atoms with Crippen molar-refractivity contribution in [3.05, 3.63) is 82.9 Å². The Morgan fingerprint density at radius 1 is 1.05 bits per heavy atom. The van der Waals surface area contributed by atoms with E-state index in [1.165, 1.54) is 17.2 Å². The van der Waals surface area contributed by atoms with Crippen molar-refractivity contribution in [2.24, 2.45) is 11.7 Å². The van der Waals surface area contributed by atoms with E-state index < -0.39 is 5.82 Å². The second-order valence-corrected chi connectivity index (χ2v) is 11.8. The van der Waals surface area contributed by atoms with Crippen LogP contribution in [0.1, 0.15) is 72.4 Å². The fourth-order valence-electron chi connectivity index (χ4n) is 6.59. The minimum atomic E-state index is -0.397. The van der Waals surface area contributed by atoms with Crippen LogP contribution >= 0.6 is 0 Å². The highest BCUT2D eigenvalue weighted by atomic mass is 19.1. The van der Waals surface area contributed by atoms with Crippen LogP contribution in [0.15, 0.2) is 54.6 Å². The molecular weight excluding hydrogens is 519 g/mol. The molecule has 8 nitrogen and oxygen atoms in total. The molecule has 2 N–H and O–H groups in total. The molecule has 2 amide bonds. The van der Waals surface area contributed by atoms with Crippen LogP contribution in [0.4, 0.5) is 10.1 Å². The highest BCUT2D eigenvalue weighted by molar-refractivity contribution is 5.93. The molecule has 3 aliphatic rings. The highest BCUT2D eigenvalue weighted by Gasteiger charge is 2.34. The molecule has 7 rings (SSSR count). The van der Waals surface area contributed by atoms with Crippen molar-refractivity contribution in [3.8, 4) is 11.3 Å². The maximum atomic E-state index is 15.5. The van der Waals surface area contributed by atoms with Crippen LogP contribution in [0.5, 0.6) is 0 Å². The molecule has 0 bridgehead atoms. The van der Waals surface area contributed by atoms with Crippen molar-refractivity contribution in [2.75, 3.05) is 18.0 Å². The molecule has 3 atom stereocenters. The summed E-state index contributed by atoms with van der Waals surface area (Å²) in [6.45, 7) is 5.21. The first-order valence-corrected chi connectivity index (χ1v) is 14.4. The van der Waals surface area contributed by atoms with Gasteiger partial charge < -0.3 is 15.5 Å². The number of benzene rings is 2. The Labute approximate surface area is 238 Å². The van der Waals surface area contributed by atoms with Gasteiger partial charge in [-0.2, -0.15) is 5.10 Å². The molecule has 210 valence electrons. The van der Waals surface area contributed by atoms with Gasteiger partial charge in [0.25, 0.3) is 5.91 Å². The SMILES string of the molecule is CC1CC(C(N)=O)CN1c1ccc(-c2cc3nc(C(=O)N4CCc5ccccc5[C@H]4C)cc(C4CC4)n3n2)c(F)c1. The Morgan fingerprint density at radius 3 is 2.59 bits per heavy atom. The fraction of sp³-hybridized carbons (Fsp3) is 0.375. The second-order valence-electron chi connectivity index (χ2n) is 11.8. The van der Waals surface area contributed by atoms with Crippen LogP contribution in [-0.4, -0.2) is 50.4 Å². The molecule has 1 aliphatic carbocycles. The number of carbonyl (C=O) groups is 2. The van der Waals surface area contributed by atoms with Crippen molar-refractivity contribution in [1.82, 2.24) is 19.5 Å². The molecule has 2 aliphatic heterocycles. The first kappa shape index (κ1) is 25.7. The predicted octanol–water partition coefficient (Wildman–Crippen LogP) is 4.87. The number of primary amides is 1. The second kappa shape index (κ2) is 9.68. The quantitative estimate of drug-likeness (QED) is 0.381. The number of amides is 2. The minimum Gasteiger partial charge on any atom is -0.369 e. The highest BCUT2D eigenvalue weighted by Crippen LogP contribution is 2.41. The standard InChI is InChI=1S/C32H33FN6O2/c1-18-13-22(31(34)40)17-38(18)23-9-10-25(26(33)14-23)27-16-30-35-28(15-29(21-7-8-21)39(30)36-27)32(41)37-12-11-20-5-3-4-6-24(20)19(37)2/h3-6,9-10,14-16,18-19,21-22H,7-8,11-13,17H2,1-2H3,(H2,34,40)/t18?,19-,22?/m1/s1. The summed E-state index contributed by atoms with van der Waals surface area (Å²) >= 11 is 0. The summed E-state index contributed by atoms with van der Waals surface area (Å²) in [5.41, 5.74) is 11.4. The largest absolute Gasteiger partial charge is 0.369 e. The molecule has 2 unspecified atom stereocenters. The number of halogens is 1. The van der Waals surface area contributed by atoms with Crippen LogP contribution in [0.2, 0.25) is 0 Å². The Bertz CT molecular complexity index is 1700. The van der Waals surface area contributed by atoms with Crippen LogP contribution in [0.3, 0.4) is 0 Å². The van der Waals surface area contributed by atoms with E-state index in [-0.39, 0.29) is 29.8 Å². The Hall–Kier alpha value is -4.27. The molecule has 1 saturated heterocycles. The third kappa shape index (κ3) is 4.44. The summed E-state index contributed by atoms with van der Waals surface area (Å²) in [5, 5.41) is 4.75. The van der Waals surface area contributed by atoms with Gasteiger partial charge >= 0.3 is 0 Å². The van der Waals surface area contributed by atoms with E-state index >= 15 is 4.39 Å². The lowest BCUT2D eigenvalue weighted by Crippen LogP contribution is -2.39. The van der Waals surface area contributed by atoms with E-state index in [0.717, 1.165) is 25.0 Å². The van der Waals surface area contributed by atoms with Gasteiger partial charge in [-0.1, -0.05) is 24.3 Å². The van der Waals surface area contributed by atoms with E-state index in [1.54, 1.807) is 16.6 Å². The molecule has 9 heteroatoms. The molecule has 2 aromatic heterocycles. The number of rotatable bonds is 5. The maximum absolute atomic E-state index is 15.5. The average molecular weight is 553 g/mol. The molecule has 41 heavy (non-hydrogen) atoms. The zero-order valence-electron chi connectivity index (χ0n) is 23.3. The molecule has 1 saturated carbocycles. The minimum absolute atomic E-state index is 0.0421. The van der Waals surface area contributed by atoms with E-state index in [2.05, 4.69) is 19.1 Å². The van der Waals surface area contributed by atoms with Gasteiger partial charge in [0, 0.05) is 48.1 Å². The number of nitrogens with zero attached hydrogens (tertiary/aromatic N) is 5. The number of fused-ring (bicyclic) bond motifs is 2. The first-order valence-electron chi connectivity index (χ1n) is 14.4. The zero-order valence-corrected chi connectivity index (χ0v) is 23.3. The summed E-state index contributed by atoms with van der Waals surface area (Å²) in [6, 6.07) is 17.1. The normalized spacial score (nSPS) is 22.3. The molecule has 2 aromatic carbocycles. The lowest BCUT2D eigenvalue weighted by atomic mass is 9.93. The van der Waals surface area contributed by atoms with E-state index in [9.17, 15) is 9.59 Å². The van der Waals surface area contributed by atoms with E-state index in [4.69, 9.17) is 15.8 Å². The lowest BCUT2D eigenvalue weighted by Gasteiger charge is -2.35. The number of hydrogen-bond donors (Lipinski definition) is 1. The average Bonchev–Trinajstić information content (AvgIpc) is 3.60. The molecule has 2 fully saturated rings. The van der Waals surface area contributed by atoms with E-state index in [1.807, 2.05) is 41.0 Å². The number of nitrogens with two attached hydrogens (primary N) is 1. The monoisotopic (exact) mass is 552 g/mol. The van der Waals surface area contributed by atoms with Crippen LogP contribution in [0, 0.1) is 11.7 Å². The van der Waals surface area contributed by atoms with Gasteiger partial charge in [-0.05, 0) is 74.9 Å². The van der Waals surface area contributed by atoms with Gasteiger partial charge in [-0.3, -0.25) is 9.59 Å². The van der Waals surface area contributed by atoms with Gasteiger partial charge in [0.05, 0.1) is 17.7 Å². The maximum Gasteiger partial charge on any atom is 0.273 e. The van der Waals surface area contributed by atoms with E-state index in [0.29, 0.717) is 53.7 Å². The van der Waals surface area contributed by atoms with Crippen molar-refractivity contribution < 1.29 is 14.0 Å². The smallest absolute Gasteiger partial charge is 0.273 e. The molecule has 4 heterocycles. The number of hydrogen-bond acceptors (Lipinski definition) is 5. The summed E-state index contributed by atoms with van der Waals surface area (Å²) in [7, 11) is 0. The van der Waals surface area contributed by atoms with Gasteiger partial charge in [0.2, 0.25) is 5.91 Å². The number of anilines is 1. The lowest BCUT2D eigenvalue weighted by molar-refractivity contribution is -0.121. The molecular formula is C32H33FN6O2. The van der Waals surface area contributed by atoms with Crippen LogP contribution in [-0.2, 0) is 11.2 Å². The van der Waals surface area contributed by atoms with Gasteiger partial charge in [0.15, 0.2) is 5.65 Å². The van der Waals surface area contributed by atoms with Crippen LogP contribution in [0.25, 0.3) is 16.9 Å². The molecule has 0 spiro atoms. The predicted molar refractivity (Wildman–Crippen MR) is 154 cm³/mol. The number of aromatic nitrogens is 3. The zero-order chi connectivity index (χ0) is 28.4. The first-order chi connectivity index (χ1) is 19.8. The van der Waals surface area contributed by atoms with Crippen molar-refractivity contribution in [3.63, 3.8) is 0 Å². The third-order valence-corrected chi connectivity index (χ3v) is 9.06. The summed E-state index contributed by atoms with van der Waals surface area (Å²) < 4.78 is 17.3. The Kier molecular flexibility index (Phi) is 6.06. The topological polar surface area (TPSA) is 96.8 Å². The Morgan fingerprint density at radius 2 is 1.85 bits per heavy atom. The summed E-state index contributed by atoms with van der Waals surface area (Å²) in [4.78, 5) is 34.1. The van der Waals surface area contributed by atoms with Crippen LogP contribution < -0.4 is 10.6 Å².